The van der Waals surface area contributed by atoms with E-state index in [4.69, 9.17) is 28.4 Å². The van der Waals surface area contributed by atoms with Crippen molar-refractivity contribution in [2.45, 2.75) is 79.1 Å². The number of carbonyl (C=O) groups is 2. The molecule has 19 heteroatoms. The van der Waals surface area contributed by atoms with Crippen LogP contribution >= 0.6 is 7.60 Å². The summed E-state index contributed by atoms with van der Waals surface area (Å²) in [5.74, 6) is -1.63. The van der Waals surface area contributed by atoms with E-state index in [0.717, 1.165) is 39.3 Å². The average molecular weight is 935 g/mol. The SMILES string of the molecule is CCc1cccc(CC)c1-n1nc2c(c1-c1cc(F)c(OC)c3c1ccn3C(=O)OCOC(=O)CC(C)(C)CCOP(C)(=O)OCc1ccccc1)CN(c1ncc(C(F)(F)F)cn1)CC2. The maximum absolute atomic E-state index is 16.5. The second kappa shape index (κ2) is 19.8. The first-order valence-electron chi connectivity index (χ1n) is 21.4. The molecular weight excluding hydrogens is 884 g/mol. The fourth-order valence-corrected chi connectivity index (χ4v) is 8.82. The minimum atomic E-state index is -4.61. The smallest absolute Gasteiger partial charge is 0.421 e. The average Bonchev–Trinajstić information content (AvgIpc) is 3.90. The number of fused-ring (bicyclic) bond motifs is 2. The van der Waals surface area contributed by atoms with Gasteiger partial charge in [-0.3, -0.25) is 9.36 Å². The van der Waals surface area contributed by atoms with Crippen molar-refractivity contribution >= 4 is 36.5 Å². The maximum Gasteiger partial charge on any atom is 0.421 e. The van der Waals surface area contributed by atoms with Crippen LogP contribution < -0.4 is 9.64 Å². The van der Waals surface area contributed by atoms with Crippen LogP contribution in [0.5, 0.6) is 5.75 Å². The first-order chi connectivity index (χ1) is 31.4. The van der Waals surface area contributed by atoms with Crippen LogP contribution in [-0.2, 0) is 66.5 Å². The van der Waals surface area contributed by atoms with Gasteiger partial charge in [-0.2, -0.15) is 18.3 Å². The van der Waals surface area contributed by atoms with Gasteiger partial charge in [-0.15, -0.1) is 0 Å². The predicted molar refractivity (Wildman–Crippen MR) is 238 cm³/mol. The summed E-state index contributed by atoms with van der Waals surface area (Å²) in [6.45, 7) is 8.96. The molecule has 350 valence electrons. The minimum absolute atomic E-state index is 0.0330. The number of esters is 1. The Bertz CT molecular complexity index is 2740. The van der Waals surface area contributed by atoms with Crippen LogP contribution in [0, 0.1) is 11.2 Å². The largest absolute Gasteiger partial charge is 0.492 e. The molecule has 3 aromatic heterocycles. The molecular formula is C47H51F4N6O8P. The van der Waals surface area contributed by atoms with E-state index in [9.17, 15) is 27.3 Å². The highest BCUT2D eigenvalue weighted by Crippen LogP contribution is 2.46. The predicted octanol–water partition coefficient (Wildman–Crippen LogP) is 10.5. The molecule has 0 saturated heterocycles. The van der Waals surface area contributed by atoms with Crippen LogP contribution in [0.2, 0.25) is 0 Å². The Morgan fingerprint density at radius 1 is 0.924 bits per heavy atom. The third-order valence-electron chi connectivity index (χ3n) is 11.4. The third-order valence-corrected chi connectivity index (χ3v) is 12.7. The number of methoxy groups -OCH3 is 1. The van der Waals surface area contributed by atoms with Gasteiger partial charge in [0.1, 0.15) is 5.52 Å². The highest BCUT2D eigenvalue weighted by molar-refractivity contribution is 7.52. The zero-order valence-electron chi connectivity index (χ0n) is 37.5. The monoisotopic (exact) mass is 934 g/mol. The second-order valence-corrected chi connectivity index (χ2v) is 18.7. The van der Waals surface area contributed by atoms with Crippen molar-refractivity contribution in [1.29, 1.82) is 0 Å². The van der Waals surface area contributed by atoms with Gasteiger partial charge in [0, 0.05) is 61.3 Å². The molecule has 6 aromatic rings. The Balaban J connectivity index is 1.13. The van der Waals surface area contributed by atoms with Gasteiger partial charge in [0.25, 0.3) is 0 Å². The van der Waals surface area contributed by atoms with E-state index >= 15 is 4.39 Å². The van der Waals surface area contributed by atoms with Crippen LogP contribution in [0.3, 0.4) is 0 Å². The van der Waals surface area contributed by atoms with Crippen molar-refractivity contribution < 1.29 is 55.0 Å². The van der Waals surface area contributed by atoms with Gasteiger partial charge in [-0.05, 0) is 53.5 Å². The first-order valence-corrected chi connectivity index (χ1v) is 23.4. The molecule has 14 nitrogen and oxygen atoms in total. The van der Waals surface area contributed by atoms with E-state index in [-0.39, 0.29) is 43.4 Å². The molecule has 7 rings (SSSR count). The number of para-hydroxylation sites is 1. The van der Waals surface area contributed by atoms with Gasteiger partial charge in [0.05, 0.1) is 49.4 Å². The molecule has 1 unspecified atom stereocenters. The van der Waals surface area contributed by atoms with Gasteiger partial charge in [-0.25, -0.2) is 28.4 Å². The van der Waals surface area contributed by atoms with Gasteiger partial charge in [-0.1, -0.05) is 76.2 Å². The molecule has 0 amide bonds. The summed E-state index contributed by atoms with van der Waals surface area (Å²) in [6, 6.07) is 18.1. The van der Waals surface area contributed by atoms with Gasteiger partial charge >= 0.3 is 25.8 Å². The number of ether oxygens (including phenoxy) is 3. The quantitative estimate of drug-likeness (QED) is 0.0371. The summed E-state index contributed by atoms with van der Waals surface area (Å²) in [5.41, 5.74) is 4.23. The van der Waals surface area contributed by atoms with E-state index in [1.54, 1.807) is 15.6 Å². The number of halogens is 4. The molecule has 1 aliphatic heterocycles. The summed E-state index contributed by atoms with van der Waals surface area (Å²) in [4.78, 5) is 36.5. The zero-order chi connectivity index (χ0) is 47.4. The highest BCUT2D eigenvalue weighted by atomic mass is 31.2. The van der Waals surface area contributed by atoms with Crippen molar-refractivity contribution in [3.8, 4) is 22.7 Å². The molecule has 0 spiro atoms. The van der Waals surface area contributed by atoms with Crippen LogP contribution in [0.15, 0.2) is 79.3 Å². The first kappa shape index (κ1) is 47.9. The summed E-state index contributed by atoms with van der Waals surface area (Å²) in [5, 5.41) is 5.51. The molecule has 3 aromatic carbocycles. The topological polar surface area (TPSA) is 149 Å². The number of rotatable bonds is 17. The molecule has 0 saturated carbocycles. The standard InChI is InChI=1S/C47H51F4N6O8P/c1-7-31-15-12-16-32(8-2)40(31)57-41(36-27-55(20-18-38(36)54-57)44-52-25-33(26-53-44)47(49,50)51)35-23-37(48)43(61-5)42-34(35)17-21-56(42)45(59)63-29-62-39(58)24-46(3,4)19-22-64-66(6,60)65-28-30-13-10-9-11-14-30/h9-17,21,23,25-26H,7-8,18-20,22,24,27-29H2,1-6H3. The van der Waals surface area contributed by atoms with Crippen molar-refractivity contribution in [3.63, 3.8) is 0 Å². The molecule has 4 heterocycles. The molecule has 0 radical (unpaired) electrons. The fraction of sp³-hybridized carbons (Fsp3) is 0.383. The van der Waals surface area contributed by atoms with Crippen molar-refractivity contribution in [3.05, 3.63) is 119 Å². The molecule has 0 N–H and O–H groups in total. The normalized spacial score (nSPS) is 13.9. The van der Waals surface area contributed by atoms with Gasteiger partial charge in [0.2, 0.25) is 12.7 Å². The number of aromatic nitrogens is 5. The van der Waals surface area contributed by atoms with Crippen molar-refractivity contribution in [1.82, 2.24) is 24.3 Å². The third kappa shape index (κ3) is 10.6. The number of hydrogen-bond acceptors (Lipinski definition) is 12. The van der Waals surface area contributed by atoms with Crippen LogP contribution in [0.4, 0.5) is 28.3 Å². The summed E-state index contributed by atoms with van der Waals surface area (Å²) in [6.07, 6.45) is -0.783. The highest BCUT2D eigenvalue weighted by Gasteiger charge is 2.34. The molecule has 1 atom stereocenters. The number of benzene rings is 3. The van der Waals surface area contributed by atoms with E-state index in [1.165, 1.54) is 26.0 Å². The lowest BCUT2D eigenvalue weighted by Crippen LogP contribution is -2.31. The number of anilines is 1. The number of alkyl halides is 3. The van der Waals surface area contributed by atoms with E-state index < -0.39 is 49.4 Å². The van der Waals surface area contributed by atoms with E-state index in [2.05, 4.69) is 9.97 Å². The van der Waals surface area contributed by atoms with Crippen LogP contribution in [0.25, 0.3) is 27.8 Å². The van der Waals surface area contributed by atoms with E-state index in [1.807, 2.05) is 76.2 Å². The van der Waals surface area contributed by atoms with Crippen LogP contribution in [-0.4, -0.2) is 70.1 Å². The Morgan fingerprint density at radius 2 is 1.62 bits per heavy atom. The minimum Gasteiger partial charge on any atom is -0.492 e. The number of carbonyl (C=O) groups excluding carboxylic acids is 2. The zero-order valence-corrected chi connectivity index (χ0v) is 38.4. The fourth-order valence-electron chi connectivity index (χ4n) is 7.94. The lowest BCUT2D eigenvalue weighted by atomic mass is 9.86. The molecule has 66 heavy (non-hydrogen) atoms. The lowest BCUT2D eigenvalue weighted by Gasteiger charge is -2.27. The summed E-state index contributed by atoms with van der Waals surface area (Å²) < 4.78 is 99.6. The second-order valence-electron chi connectivity index (χ2n) is 16.6. The number of nitrogens with zero attached hydrogens (tertiary/aromatic N) is 6. The van der Waals surface area contributed by atoms with Gasteiger partial charge in [0.15, 0.2) is 11.6 Å². The molecule has 0 aliphatic carbocycles. The van der Waals surface area contributed by atoms with E-state index in [0.29, 0.717) is 60.1 Å². The van der Waals surface area contributed by atoms with Crippen molar-refractivity contribution in [2.24, 2.45) is 5.41 Å². The van der Waals surface area contributed by atoms with Crippen molar-refractivity contribution in [2.75, 3.05) is 38.6 Å². The molecule has 0 bridgehead atoms. The Morgan fingerprint density at radius 3 is 2.27 bits per heavy atom. The maximum atomic E-state index is 16.5. The Kier molecular flexibility index (Phi) is 14.3. The lowest BCUT2D eigenvalue weighted by molar-refractivity contribution is -0.154. The Hall–Kier alpha value is -6.10. The number of hydrogen-bond donors (Lipinski definition) is 0. The van der Waals surface area contributed by atoms with Gasteiger partial charge < -0.3 is 28.2 Å². The summed E-state index contributed by atoms with van der Waals surface area (Å²) in [7, 11) is -2.10. The number of aryl methyl sites for hydroxylation is 2. The summed E-state index contributed by atoms with van der Waals surface area (Å²) >= 11 is 0. The van der Waals surface area contributed by atoms with Crippen LogP contribution in [0.1, 0.15) is 74.0 Å². The Labute approximate surface area is 379 Å². The molecule has 0 fully saturated rings. The molecule has 1 aliphatic rings.